The Hall–Kier alpha value is -0.930. The number of hydrogen-bond donors (Lipinski definition) is 1. The van der Waals surface area contributed by atoms with Crippen LogP contribution < -0.4 is 15.2 Å². The van der Waals surface area contributed by atoms with Crippen molar-refractivity contribution >= 4 is 11.6 Å². The van der Waals surface area contributed by atoms with E-state index in [1.54, 1.807) is 7.11 Å². The molecule has 0 aromatic heterocycles. The van der Waals surface area contributed by atoms with Gasteiger partial charge in [-0.3, -0.25) is 0 Å². The van der Waals surface area contributed by atoms with Gasteiger partial charge in [0.15, 0.2) is 11.5 Å². The molecule has 102 valence electrons. The van der Waals surface area contributed by atoms with Gasteiger partial charge >= 0.3 is 0 Å². The van der Waals surface area contributed by atoms with Crippen molar-refractivity contribution in [1.29, 1.82) is 0 Å². The molecule has 0 spiro atoms. The smallest absolute Gasteiger partial charge is 0.163 e. The molecule has 0 bridgehead atoms. The van der Waals surface area contributed by atoms with Gasteiger partial charge in [-0.15, -0.1) is 0 Å². The first-order valence-electron chi connectivity index (χ1n) is 6.31. The van der Waals surface area contributed by atoms with Crippen molar-refractivity contribution in [3.05, 3.63) is 22.7 Å². The summed E-state index contributed by atoms with van der Waals surface area (Å²) in [5.74, 6) is 1.43. The molecule has 0 saturated carbocycles. The normalized spacial score (nSPS) is 10.8. The third-order valence-electron chi connectivity index (χ3n) is 2.60. The third kappa shape index (κ3) is 4.39. The second-order valence-electron chi connectivity index (χ2n) is 4.51. The minimum atomic E-state index is 0.0954. The number of unbranched alkanes of at least 4 members (excludes halogenated alkanes) is 1. The van der Waals surface area contributed by atoms with Gasteiger partial charge in [0.05, 0.1) is 13.2 Å². The van der Waals surface area contributed by atoms with Crippen molar-refractivity contribution < 1.29 is 9.47 Å². The highest BCUT2D eigenvalue weighted by atomic mass is 35.5. The van der Waals surface area contributed by atoms with Crippen molar-refractivity contribution in [2.24, 2.45) is 5.73 Å². The zero-order valence-electron chi connectivity index (χ0n) is 11.3. The number of aryl methyl sites for hydroxylation is 1. The van der Waals surface area contributed by atoms with Crippen LogP contribution in [0.15, 0.2) is 12.1 Å². The second-order valence-corrected chi connectivity index (χ2v) is 4.91. The number of rotatable bonds is 7. The summed E-state index contributed by atoms with van der Waals surface area (Å²) in [5.41, 5.74) is 6.57. The highest BCUT2D eigenvalue weighted by Gasteiger charge is 2.11. The van der Waals surface area contributed by atoms with Gasteiger partial charge in [-0.05, 0) is 51.3 Å². The lowest BCUT2D eigenvalue weighted by Crippen LogP contribution is -2.07. The van der Waals surface area contributed by atoms with Crippen LogP contribution in [-0.2, 0) is 6.42 Å². The standard InChI is InChI=1S/C14H22ClNO2/c1-10(2)18-14-9-12(15)11(6-4-5-7-16)8-13(14)17-3/h8-10H,4-7,16H2,1-3H3. The highest BCUT2D eigenvalue weighted by Crippen LogP contribution is 2.34. The first kappa shape index (κ1) is 15.1. The van der Waals surface area contributed by atoms with E-state index < -0.39 is 0 Å². The average Bonchev–Trinajstić information content (AvgIpc) is 2.31. The van der Waals surface area contributed by atoms with Crippen LogP contribution in [0.5, 0.6) is 11.5 Å². The van der Waals surface area contributed by atoms with Gasteiger partial charge in [0.25, 0.3) is 0 Å². The molecule has 1 rings (SSSR count). The predicted octanol–water partition coefficient (Wildman–Crippen LogP) is 3.42. The van der Waals surface area contributed by atoms with Gasteiger partial charge < -0.3 is 15.2 Å². The summed E-state index contributed by atoms with van der Waals surface area (Å²) >= 11 is 6.25. The van der Waals surface area contributed by atoms with Crippen molar-refractivity contribution in [2.75, 3.05) is 13.7 Å². The van der Waals surface area contributed by atoms with Crippen molar-refractivity contribution in [2.45, 2.75) is 39.2 Å². The Morgan fingerprint density at radius 3 is 2.50 bits per heavy atom. The van der Waals surface area contributed by atoms with Crippen LogP contribution in [0.4, 0.5) is 0 Å². The van der Waals surface area contributed by atoms with Crippen molar-refractivity contribution in [3.8, 4) is 11.5 Å². The van der Waals surface area contributed by atoms with Crippen LogP contribution in [0.25, 0.3) is 0 Å². The van der Waals surface area contributed by atoms with E-state index in [-0.39, 0.29) is 6.10 Å². The molecular weight excluding hydrogens is 250 g/mol. The lowest BCUT2D eigenvalue weighted by Gasteiger charge is -2.15. The van der Waals surface area contributed by atoms with Gasteiger partial charge in [-0.25, -0.2) is 0 Å². The van der Waals surface area contributed by atoms with E-state index in [2.05, 4.69) is 0 Å². The zero-order valence-corrected chi connectivity index (χ0v) is 12.1. The van der Waals surface area contributed by atoms with Crippen LogP contribution in [-0.4, -0.2) is 19.8 Å². The Balaban J connectivity index is 2.87. The molecule has 0 aliphatic rings. The quantitative estimate of drug-likeness (QED) is 0.773. The van der Waals surface area contributed by atoms with Gasteiger partial charge in [0.2, 0.25) is 0 Å². The largest absolute Gasteiger partial charge is 0.493 e. The average molecular weight is 272 g/mol. The van der Waals surface area contributed by atoms with Crippen molar-refractivity contribution in [3.63, 3.8) is 0 Å². The lowest BCUT2D eigenvalue weighted by atomic mass is 10.1. The number of halogens is 1. The van der Waals surface area contributed by atoms with Crippen LogP contribution >= 0.6 is 11.6 Å². The molecule has 4 heteroatoms. The summed E-state index contributed by atoms with van der Waals surface area (Å²) in [5, 5.41) is 0.725. The van der Waals surface area contributed by atoms with Gasteiger partial charge in [0, 0.05) is 11.1 Å². The summed E-state index contributed by atoms with van der Waals surface area (Å²) in [6.45, 7) is 4.66. The fourth-order valence-corrected chi connectivity index (χ4v) is 1.98. The number of nitrogens with two attached hydrogens (primary N) is 1. The summed E-state index contributed by atoms with van der Waals surface area (Å²) in [6, 6.07) is 3.79. The molecule has 0 amide bonds. The maximum absolute atomic E-state index is 6.25. The molecule has 1 aromatic rings. The maximum atomic E-state index is 6.25. The molecule has 2 N–H and O–H groups in total. The molecule has 0 atom stereocenters. The third-order valence-corrected chi connectivity index (χ3v) is 2.95. The Morgan fingerprint density at radius 2 is 1.94 bits per heavy atom. The second kappa shape index (κ2) is 7.49. The van der Waals surface area contributed by atoms with Gasteiger partial charge in [-0.1, -0.05) is 11.6 Å². The van der Waals surface area contributed by atoms with Crippen LogP contribution in [0, 0.1) is 0 Å². The molecule has 0 aliphatic carbocycles. The van der Waals surface area contributed by atoms with E-state index >= 15 is 0 Å². The Bertz CT molecular complexity index is 380. The first-order valence-corrected chi connectivity index (χ1v) is 6.69. The van der Waals surface area contributed by atoms with Crippen molar-refractivity contribution in [1.82, 2.24) is 0 Å². The maximum Gasteiger partial charge on any atom is 0.163 e. The van der Waals surface area contributed by atoms with E-state index in [0.29, 0.717) is 12.3 Å². The Labute approximate surface area is 114 Å². The summed E-state index contributed by atoms with van der Waals surface area (Å²) in [6.07, 6.45) is 3.04. The Kier molecular flexibility index (Phi) is 6.30. The van der Waals surface area contributed by atoms with E-state index in [0.717, 1.165) is 35.6 Å². The van der Waals surface area contributed by atoms with Gasteiger partial charge in [0.1, 0.15) is 0 Å². The summed E-state index contributed by atoms with van der Waals surface area (Å²) < 4.78 is 11.0. The van der Waals surface area contributed by atoms with Crippen LogP contribution in [0.3, 0.4) is 0 Å². The van der Waals surface area contributed by atoms with Crippen LogP contribution in [0.1, 0.15) is 32.3 Å². The molecule has 0 saturated heterocycles. The molecule has 0 heterocycles. The van der Waals surface area contributed by atoms with E-state index in [9.17, 15) is 0 Å². The number of hydrogen-bond acceptors (Lipinski definition) is 3. The number of ether oxygens (including phenoxy) is 2. The van der Waals surface area contributed by atoms with E-state index in [1.165, 1.54) is 0 Å². The molecule has 1 aromatic carbocycles. The molecule has 0 aliphatic heterocycles. The number of methoxy groups -OCH3 is 1. The first-order chi connectivity index (χ1) is 8.58. The minimum Gasteiger partial charge on any atom is -0.493 e. The summed E-state index contributed by atoms with van der Waals surface area (Å²) in [7, 11) is 1.64. The molecule has 0 unspecified atom stereocenters. The lowest BCUT2D eigenvalue weighted by molar-refractivity contribution is 0.230. The fraction of sp³-hybridized carbons (Fsp3) is 0.571. The fourth-order valence-electron chi connectivity index (χ4n) is 1.73. The Morgan fingerprint density at radius 1 is 1.22 bits per heavy atom. The highest BCUT2D eigenvalue weighted by molar-refractivity contribution is 6.31. The summed E-state index contributed by atoms with van der Waals surface area (Å²) in [4.78, 5) is 0. The van der Waals surface area contributed by atoms with Gasteiger partial charge in [-0.2, -0.15) is 0 Å². The minimum absolute atomic E-state index is 0.0954. The molecular formula is C14H22ClNO2. The molecule has 0 fully saturated rings. The monoisotopic (exact) mass is 271 g/mol. The topological polar surface area (TPSA) is 44.5 Å². The van der Waals surface area contributed by atoms with E-state index in [4.69, 9.17) is 26.8 Å². The predicted molar refractivity (Wildman–Crippen MR) is 75.8 cm³/mol. The molecule has 0 radical (unpaired) electrons. The number of benzene rings is 1. The van der Waals surface area contributed by atoms with E-state index in [1.807, 2.05) is 26.0 Å². The molecule has 3 nitrogen and oxygen atoms in total. The van der Waals surface area contributed by atoms with Crippen LogP contribution in [0.2, 0.25) is 5.02 Å². The molecule has 18 heavy (non-hydrogen) atoms. The zero-order chi connectivity index (χ0) is 13.5. The SMILES string of the molecule is COc1cc(CCCCN)c(Cl)cc1OC(C)C.